The third kappa shape index (κ3) is 3.76. The molecule has 0 aliphatic rings. The fourth-order valence-corrected chi connectivity index (χ4v) is 2.36. The van der Waals surface area contributed by atoms with E-state index in [2.05, 4.69) is 15.9 Å². The minimum atomic E-state index is -0.608. The molecule has 0 atom stereocenters. The smallest absolute Gasteiger partial charge is 0.338 e. The van der Waals surface area contributed by atoms with Crippen molar-refractivity contribution in [2.24, 2.45) is 0 Å². The number of ether oxygens (including phenoxy) is 3. The molecule has 0 radical (unpaired) electrons. The van der Waals surface area contributed by atoms with Gasteiger partial charge in [-0.15, -0.1) is 0 Å². The van der Waals surface area contributed by atoms with Gasteiger partial charge in [-0.1, -0.05) is 6.07 Å². The maximum absolute atomic E-state index is 13.1. The number of carbonyl (C=O) groups excluding carboxylic acids is 1. The lowest BCUT2D eigenvalue weighted by Gasteiger charge is -2.12. The number of benzene rings is 2. The van der Waals surface area contributed by atoms with Crippen molar-refractivity contribution in [3.05, 3.63) is 57.8 Å². The SMILES string of the molecule is COc1cc(COC(=O)c2cccc(F)c2)c(OC)cc1Br. The molecule has 0 aliphatic carbocycles. The summed E-state index contributed by atoms with van der Waals surface area (Å²) in [5.74, 6) is 0.0538. The lowest BCUT2D eigenvalue weighted by molar-refractivity contribution is 0.0469. The van der Waals surface area contributed by atoms with Gasteiger partial charge in [-0.3, -0.25) is 0 Å². The maximum Gasteiger partial charge on any atom is 0.338 e. The molecule has 0 saturated heterocycles. The van der Waals surface area contributed by atoms with Crippen LogP contribution in [0.25, 0.3) is 0 Å². The first kappa shape index (κ1) is 16.3. The third-order valence-electron chi connectivity index (χ3n) is 2.97. The molecule has 4 nitrogen and oxygen atoms in total. The standard InChI is InChI=1S/C16H14BrFO4/c1-20-14-8-13(17)15(21-2)7-11(14)9-22-16(19)10-4-3-5-12(18)6-10/h3-8H,9H2,1-2H3. The highest BCUT2D eigenvalue weighted by molar-refractivity contribution is 9.10. The number of halogens is 2. The van der Waals surface area contributed by atoms with E-state index in [0.29, 0.717) is 17.1 Å². The summed E-state index contributed by atoms with van der Waals surface area (Å²) in [4.78, 5) is 11.9. The van der Waals surface area contributed by atoms with E-state index in [1.807, 2.05) is 0 Å². The Labute approximate surface area is 135 Å². The molecule has 0 amide bonds. The molecule has 0 bridgehead atoms. The summed E-state index contributed by atoms with van der Waals surface area (Å²) in [7, 11) is 3.06. The van der Waals surface area contributed by atoms with E-state index in [-0.39, 0.29) is 12.2 Å². The van der Waals surface area contributed by atoms with Crippen LogP contribution >= 0.6 is 15.9 Å². The average molecular weight is 369 g/mol. The highest BCUT2D eigenvalue weighted by Gasteiger charge is 2.13. The highest BCUT2D eigenvalue weighted by Crippen LogP contribution is 2.33. The normalized spacial score (nSPS) is 10.2. The molecule has 0 N–H and O–H groups in total. The molecule has 0 unspecified atom stereocenters. The Morgan fingerprint density at radius 3 is 2.50 bits per heavy atom. The molecule has 116 valence electrons. The van der Waals surface area contributed by atoms with Gasteiger partial charge < -0.3 is 14.2 Å². The minimum absolute atomic E-state index is 0.0117. The molecular formula is C16H14BrFO4. The van der Waals surface area contributed by atoms with Gasteiger partial charge in [-0.2, -0.15) is 0 Å². The molecule has 0 fully saturated rings. The van der Waals surface area contributed by atoms with Crippen LogP contribution in [0.5, 0.6) is 11.5 Å². The molecular weight excluding hydrogens is 355 g/mol. The van der Waals surface area contributed by atoms with Gasteiger partial charge in [0.15, 0.2) is 0 Å². The second kappa shape index (κ2) is 7.26. The van der Waals surface area contributed by atoms with Crippen LogP contribution in [0.4, 0.5) is 4.39 Å². The molecule has 0 spiro atoms. The largest absolute Gasteiger partial charge is 0.496 e. The lowest BCUT2D eigenvalue weighted by Crippen LogP contribution is -2.06. The van der Waals surface area contributed by atoms with Gasteiger partial charge in [-0.05, 0) is 46.3 Å². The number of methoxy groups -OCH3 is 2. The van der Waals surface area contributed by atoms with Crippen LogP contribution in [-0.4, -0.2) is 20.2 Å². The van der Waals surface area contributed by atoms with Gasteiger partial charge in [-0.25, -0.2) is 9.18 Å². The van der Waals surface area contributed by atoms with Crippen molar-refractivity contribution in [1.82, 2.24) is 0 Å². The summed E-state index contributed by atoms with van der Waals surface area (Å²) in [5.41, 5.74) is 0.801. The number of esters is 1. The summed E-state index contributed by atoms with van der Waals surface area (Å²) in [6.07, 6.45) is 0. The number of carbonyl (C=O) groups is 1. The van der Waals surface area contributed by atoms with Gasteiger partial charge in [0.25, 0.3) is 0 Å². The zero-order chi connectivity index (χ0) is 16.1. The molecule has 0 heterocycles. The van der Waals surface area contributed by atoms with Gasteiger partial charge in [0.05, 0.1) is 24.3 Å². The van der Waals surface area contributed by atoms with Crippen molar-refractivity contribution in [1.29, 1.82) is 0 Å². The van der Waals surface area contributed by atoms with E-state index >= 15 is 0 Å². The van der Waals surface area contributed by atoms with Gasteiger partial charge in [0, 0.05) is 5.56 Å². The van der Waals surface area contributed by atoms with E-state index in [1.165, 1.54) is 32.4 Å². The molecule has 22 heavy (non-hydrogen) atoms. The van der Waals surface area contributed by atoms with Crippen LogP contribution < -0.4 is 9.47 Å². The number of hydrogen-bond acceptors (Lipinski definition) is 4. The van der Waals surface area contributed by atoms with Crippen LogP contribution in [-0.2, 0) is 11.3 Å². The Hall–Kier alpha value is -2.08. The summed E-state index contributed by atoms with van der Waals surface area (Å²) >= 11 is 3.35. The van der Waals surface area contributed by atoms with E-state index in [0.717, 1.165) is 10.5 Å². The first-order chi connectivity index (χ1) is 10.5. The van der Waals surface area contributed by atoms with Crippen LogP contribution in [0.15, 0.2) is 40.9 Å². The van der Waals surface area contributed by atoms with Crippen molar-refractivity contribution in [2.75, 3.05) is 14.2 Å². The van der Waals surface area contributed by atoms with Gasteiger partial charge in [0.1, 0.15) is 23.9 Å². The topological polar surface area (TPSA) is 44.8 Å². The van der Waals surface area contributed by atoms with Crippen molar-refractivity contribution in [3.8, 4) is 11.5 Å². The van der Waals surface area contributed by atoms with E-state index < -0.39 is 11.8 Å². The molecule has 2 aromatic carbocycles. The number of hydrogen-bond donors (Lipinski definition) is 0. The Balaban J connectivity index is 2.15. The highest BCUT2D eigenvalue weighted by atomic mass is 79.9. The molecule has 6 heteroatoms. The Morgan fingerprint density at radius 2 is 1.86 bits per heavy atom. The molecule has 2 aromatic rings. The fourth-order valence-electron chi connectivity index (χ4n) is 1.88. The van der Waals surface area contributed by atoms with E-state index in [1.54, 1.807) is 12.1 Å². The number of rotatable bonds is 5. The summed E-state index contributed by atoms with van der Waals surface area (Å²) in [6, 6.07) is 8.77. The van der Waals surface area contributed by atoms with Crippen LogP contribution in [0.2, 0.25) is 0 Å². The monoisotopic (exact) mass is 368 g/mol. The Kier molecular flexibility index (Phi) is 5.38. The lowest BCUT2D eigenvalue weighted by atomic mass is 10.2. The zero-order valence-corrected chi connectivity index (χ0v) is 13.6. The summed E-state index contributed by atoms with van der Waals surface area (Å²) in [6.45, 7) is -0.0117. The van der Waals surface area contributed by atoms with Crippen LogP contribution in [0.3, 0.4) is 0 Å². The molecule has 0 saturated carbocycles. The van der Waals surface area contributed by atoms with Crippen molar-refractivity contribution in [2.45, 2.75) is 6.61 Å². The first-order valence-corrected chi connectivity index (χ1v) is 7.17. The molecule has 0 aromatic heterocycles. The quantitative estimate of drug-likeness (QED) is 0.749. The molecule has 0 aliphatic heterocycles. The summed E-state index contributed by atoms with van der Waals surface area (Å²) < 4.78 is 29.5. The average Bonchev–Trinajstić information content (AvgIpc) is 2.52. The van der Waals surface area contributed by atoms with E-state index in [4.69, 9.17) is 14.2 Å². The van der Waals surface area contributed by atoms with Crippen molar-refractivity contribution >= 4 is 21.9 Å². The predicted octanol–water partition coefficient (Wildman–Crippen LogP) is 3.96. The van der Waals surface area contributed by atoms with Gasteiger partial charge in [0.2, 0.25) is 0 Å². The maximum atomic E-state index is 13.1. The summed E-state index contributed by atoms with van der Waals surface area (Å²) in [5, 5.41) is 0. The van der Waals surface area contributed by atoms with Crippen molar-refractivity contribution in [3.63, 3.8) is 0 Å². The third-order valence-corrected chi connectivity index (χ3v) is 3.59. The minimum Gasteiger partial charge on any atom is -0.496 e. The second-order valence-corrected chi connectivity index (χ2v) is 5.24. The van der Waals surface area contributed by atoms with E-state index in [9.17, 15) is 9.18 Å². The molecule has 2 rings (SSSR count). The predicted molar refractivity (Wildman–Crippen MR) is 82.8 cm³/mol. The first-order valence-electron chi connectivity index (χ1n) is 6.38. The fraction of sp³-hybridized carbons (Fsp3) is 0.188. The van der Waals surface area contributed by atoms with Crippen LogP contribution in [0, 0.1) is 5.82 Å². The Bertz CT molecular complexity index is 688. The van der Waals surface area contributed by atoms with Crippen molar-refractivity contribution < 1.29 is 23.4 Å². The van der Waals surface area contributed by atoms with Crippen LogP contribution in [0.1, 0.15) is 15.9 Å². The second-order valence-electron chi connectivity index (χ2n) is 4.39. The zero-order valence-electron chi connectivity index (χ0n) is 12.1. The van der Waals surface area contributed by atoms with Gasteiger partial charge >= 0.3 is 5.97 Å². The Morgan fingerprint density at radius 1 is 1.14 bits per heavy atom.